The Morgan fingerprint density at radius 3 is 3.09 bits per heavy atom. The maximum absolute atomic E-state index is 10.5. The highest BCUT2D eigenvalue weighted by Gasteiger charge is 2.27. The third-order valence-electron chi connectivity index (χ3n) is 2.22. The molecule has 1 aliphatic heterocycles. The minimum Gasteiger partial charge on any atom is -0.316 e. The van der Waals surface area contributed by atoms with Crippen molar-refractivity contribution in [2.75, 3.05) is 6.54 Å². The van der Waals surface area contributed by atoms with Gasteiger partial charge in [0, 0.05) is 6.54 Å². The molecule has 1 unspecified atom stereocenters. The summed E-state index contributed by atoms with van der Waals surface area (Å²) in [7, 11) is 0. The Balaban J connectivity index is 2.48. The van der Waals surface area contributed by atoms with E-state index in [1.54, 1.807) is 0 Å². The fraction of sp³-hybridized carbons (Fsp3) is 0.750. The molecule has 1 saturated heterocycles. The largest absolute Gasteiger partial charge is 0.316 e. The summed E-state index contributed by atoms with van der Waals surface area (Å²) < 4.78 is 0. The van der Waals surface area contributed by atoms with Gasteiger partial charge in [-0.15, -0.1) is 0 Å². The van der Waals surface area contributed by atoms with Crippen LogP contribution in [-0.4, -0.2) is 29.9 Å². The first kappa shape index (κ1) is 8.68. The zero-order chi connectivity index (χ0) is 8.27. The Bertz CT molecular complexity index is 138. The third-order valence-corrected chi connectivity index (χ3v) is 2.22. The predicted octanol–water partition coefficient (Wildman–Crippen LogP) is 0.159. The summed E-state index contributed by atoms with van der Waals surface area (Å²) >= 11 is 0. The molecule has 1 radical (unpaired) electrons. The summed E-state index contributed by atoms with van der Waals surface area (Å²) in [5, 5.41) is 0. The molecule has 11 heavy (non-hydrogen) atoms. The van der Waals surface area contributed by atoms with Crippen molar-refractivity contribution in [3.8, 4) is 0 Å². The average molecular weight is 155 g/mol. The van der Waals surface area contributed by atoms with Gasteiger partial charge in [-0.2, -0.15) is 0 Å². The zero-order valence-electron chi connectivity index (χ0n) is 6.70. The molecule has 3 nitrogen and oxygen atoms in total. The number of likely N-dealkylation sites (tertiary alicyclic amines) is 1. The summed E-state index contributed by atoms with van der Waals surface area (Å²) in [6.45, 7) is 4.66. The van der Waals surface area contributed by atoms with Crippen LogP contribution >= 0.6 is 0 Å². The molecule has 2 N–H and O–H groups in total. The molecule has 0 aromatic heterocycles. The minimum atomic E-state index is -0.0345. The predicted molar refractivity (Wildman–Crippen MR) is 43.7 cm³/mol. The first-order chi connectivity index (χ1) is 5.29. The van der Waals surface area contributed by atoms with Gasteiger partial charge >= 0.3 is 0 Å². The van der Waals surface area contributed by atoms with Crippen LogP contribution in [-0.2, 0) is 4.79 Å². The Labute approximate surface area is 67.5 Å². The van der Waals surface area contributed by atoms with E-state index in [0.29, 0.717) is 6.42 Å². The molecule has 1 aliphatic rings. The molecule has 3 heteroatoms. The van der Waals surface area contributed by atoms with E-state index in [9.17, 15) is 4.79 Å². The first-order valence-electron chi connectivity index (χ1n) is 4.05. The van der Waals surface area contributed by atoms with Crippen molar-refractivity contribution in [2.45, 2.75) is 31.5 Å². The molecule has 0 spiro atoms. The number of hydrogen-bond donors (Lipinski definition) is 1. The summed E-state index contributed by atoms with van der Waals surface area (Å²) in [5.74, 6) is 0. The average Bonchev–Trinajstić information content (AvgIpc) is 2.50. The summed E-state index contributed by atoms with van der Waals surface area (Å²) in [6.07, 6.45) is 3.66. The van der Waals surface area contributed by atoms with E-state index in [4.69, 9.17) is 5.73 Å². The van der Waals surface area contributed by atoms with Crippen molar-refractivity contribution in [2.24, 2.45) is 5.73 Å². The third kappa shape index (κ3) is 1.79. The summed E-state index contributed by atoms with van der Waals surface area (Å²) in [5.41, 5.74) is 5.75. The van der Waals surface area contributed by atoms with Crippen LogP contribution in [0.25, 0.3) is 0 Å². The van der Waals surface area contributed by atoms with Crippen molar-refractivity contribution in [3.63, 3.8) is 0 Å². The van der Waals surface area contributed by atoms with E-state index in [2.05, 4.69) is 6.92 Å². The van der Waals surface area contributed by atoms with Crippen molar-refractivity contribution in [1.29, 1.82) is 0 Å². The lowest BCUT2D eigenvalue weighted by Gasteiger charge is -2.25. The zero-order valence-corrected chi connectivity index (χ0v) is 6.70. The highest BCUT2D eigenvalue weighted by Crippen LogP contribution is 2.17. The van der Waals surface area contributed by atoms with Crippen LogP contribution in [0.3, 0.4) is 0 Å². The molecule has 63 valence electrons. The maximum Gasteiger partial charge on any atom is 0.137 e. The molecular weight excluding hydrogens is 140 g/mol. The lowest BCUT2D eigenvalue weighted by Crippen LogP contribution is -2.45. The van der Waals surface area contributed by atoms with Gasteiger partial charge in [-0.1, -0.05) is 6.92 Å². The van der Waals surface area contributed by atoms with Gasteiger partial charge in [0.2, 0.25) is 0 Å². The fourth-order valence-corrected chi connectivity index (χ4v) is 1.54. The van der Waals surface area contributed by atoms with Crippen LogP contribution in [0, 0.1) is 6.92 Å². The quantitative estimate of drug-likeness (QED) is 0.590. The summed E-state index contributed by atoms with van der Waals surface area (Å²) in [4.78, 5) is 12.5. The fourth-order valence-electron chi connectivity index (χ4n) is 1.54. The highest BCUT2D eigenvalue weighted by atomic mass is 16.1. The molecule has 0 aliphatic carbocycles. The number of aldehydes is 1. The molecular formula is C8H15N2O. The van der Waals surface area contributed by atoms with Crippen LogP contribution in [0.4, 0.5) is 0 Å². The first-order valence-corrected chi connectivity index (χ1v) is 4.05. The van der Waals surface area contributed by atoms with Crippen LogP contribution in [0.2, 0.25) is 0 Å². The van der Waals surface area contributed by atoms with Crippen LogP contribution < -0.4 is 5.73 Å². The molecule has 0 bridgehead atoms. The van der Waals surface area contributed by atoms with Gasteiger partial charge < -0.3 is 10.5 Å². The van der Waals surface area contributed by atoms with Crippen molar-refractivity contribution >= 4 is 6.29 Å². The van der Waals surface area contributed by atoms with Gasteiger partial charge in [0.05, 0.1) is 12.2 Å². The van der Waals surface area contributed by atoms with Gasteiger partial charge in [0.25, 0.3) is 0 Å². The Morgan fingerprint density at radius 2 is 2.55 bits per heavy atom. The SMILES string of the molecule is [CH2]CC(N)N1CCC[C@H]1C=O. The standard InChI is InChI=1S/C8H15N2O/c1-2-8(9)10-5-3-4-7(10)6-11/h6-8H,1-5,9H2/t7-,8?/m0/s1. The Morgan fingerprint density at radius 1 is 1.82 bits per heavy atom. The van der Waals surface area contributed by atoms with Crippen molar-refractivity contribution < 1.29 is 4.79 Å². The van der Waals surface area contributed by atoms with Gasteiger partial charge in [-0.3, -0.25) is 4.90 Å². The Hall–Kier alpha value is -0.410. The molecule has 0 aromatic rings. The van der Waals surface area contributed by atoms with Gasteiger partial charge in [-0.05, 0) is 19.3 Å². The van der Waals surface area contributed by atoms with E-state index >= 15 is 0 Å². The van der Waals surface area contributed by atoms with Gasteiger partial charge in [0.1, 0.15) is 6.29 Å². The lowest BCUT2D eigenvalue weighted by molar-refractivity contribution is -0.112. The van der Waals surface area contributed by atoms with Crippen molar-refractivity contribution in [1.82, 2.24) is 4.90 Å². The second kappa shape index (κ2) is 3.83. The number of nitrogens with two attached hydrogens (primary N) is 1. The smallest absolute Gasteiger partial charge is 0.137 e. The van der Waals surface area contributed by atoms with Crippen LogP contribution in [0.1, 0.15) is 19.3 Å². The van der Waals surface area contributed by atoms with Crippen molar-refractivity contribution in [3.05, 3.63) is 6.92 Å². The van der Waals surface area contributed by atoms with E-state index in [0.717, 1.165) is 25.7 Å². The monoisotopic (exact) mass is 155 g/mol. The van der Waals surface area contributed by atoms with Gasteiger partial charge in [-0.25, -0.2) is 0 Å². The second-order valence-corrected chi connectivity index (χ2v) is 2.94. The van der Waals surface area contributed by atoms with E-state index < -0.39 is 0 Å². The van der Waals surface area contributed by atoms with E-state index in [1.165, 1.54) is 0 Å². The highest BCUT2D eigenvalue weighted by molar-refractivity contribution is 5.58. The molecule has 0 amide bonds. The number of nitrogens with zero attached hydrogens (tertiary/aromatic N) is 1. The molecule has 1 rings (SSSR count). The number of carbonyl (C=O) groups excluding carboxylic acids is 1. The molecule has 2 atom stereocenters. The Kier molecular flexibility index (Phi) is 3.02. The topological polar surface area (TPSA) is 46.3 Å². The number of hydrogen-bond acceptors (Lipinski definition) is 3. The van der Waals surface area contributed by atoms with E-state index in [1.807, 2.05) is 4.90 Å². The lowest BCUT2D eigenvalue weighted by atomic mass is 10.2. The minimum absolute atomic E-state index is 0.0345. The summed E-state index contributed by atoms with van der Waals surface area (Å²) in [6, 6.07) is 0.0479. The number of rotatable bonds is 3. The van der Waals surface area contributed by atoms with Crippen LogP contribution in [0.5, 0.6) is 0 Å². The maximum atomic E-state index is 10.5. The number of carbonyl (C=O) groups is 1. The molecule has 0 aromatic carbocycles. The van der Waals surface area contributed by atoms with Crippen LogP contribution in [0.15, 0.2) is 0 Å². The molecule has 1 fully saturated rings. The normalized spacial score (nSPS) is 28.7. The second-order valence-electron chi connectivity index (χ2n) is 2.94. The van der Waals surface area contributed by atoms with E-state index in [-0.39, 0.29) is 12.2 Å². The molecule has 0 saturated carbocycles. The van der Waals surface area contributed by atoms with Gasteiger partial charge in [0.15, 0.2) is 0 Å². The molecule has 1 heterocycles.